The van der Waals surface area contributed by atoms with Crippen molar-refractivity contribution >= 4 is 17.5 Å². The number of halogens is 1. The molecular weight excluding hydrogens is 287 g/mol. The maximum atomic E-state index is 12.9. The number of hydrogen-bond acceptors (Lipinski definition) is 4. The summed E-state index contributed by atoms with van der Waals surface area (Å²) >= 11 is 0. The van der Waals surface area contributed by atoms with Gasteiger partial charge in [-0.25, -0.2) is 4.39 Å². The van der Waals surface area contributed by atoms with Crippen molar-refractivity contribution in [2.75, 3.05) is 37.6 Å². The number of nitrogens with one attached hydrogen (secondary N) is 2. The molecule has 0 spiro atoms. The molecular formula is C15H21FN4O2. The summed E-state index contributed by atoms with van der Waals surface area (Å²) in [6.45, 7) is 2.10. The van der Waals surface area contributed by atoms with Gasteiger partial charge in [0, 0.05) is 25.3 Å². The molecule has 0 aromatic heterocycles. The lowest BCUT2D eigenvalue weighted by molar-refractivity contribution is -0.125. The molecule has 0 radical (unpaired) electrons. The van der Waals surface area contributed by atoms with E-state index in [1.54, 1.807) is 12.1 Å². The molecule has 7 heteroatoms. The van der Waals surface area contributed by atoms with E-state index in [2.05, 4.69) is 15.5 Å². The van der Waals surface area contributed by atoms with Gasteiger partial charge in [-0.2, -0.15) is 0 Å². The number of nitrogens with two attached hydrogens (primary N) is 1. The van der Waals surface area contributed by atoms with Gasteiger partial charge in [0.05, 0.1) is 13.1 Å². The molecule has 0 saturated carbocycles. The maximum Gasteiger partial charge on any atom is 0.239 e. The summed E-state index contributed by atoms with van der Waals surface area (Å²) < 4.78 is 12.9. The summed E-state index contributed by atoms with van der Waals surface area (Å²) in [5, 5.41) is 5.23. The molecule has 1 aliphatic heterocycles. The van der Waals surface area contributed by atoms with E-state index in [9.17, 15) is 14.0 Å². The van der Waals surface area contributed by atoms with Crippen molar-refractivity contribution in [3.63, 3.8) is 0 Å². The van der Waals surface area contributed by atoms with Gasteiger partial charge in [-0.05, 0) is 36.6 Å². The van der Waals surface area contributed by atoms with E-state index in [4.69, 9.17) is 5.73 Å². The smallest absolute Gasteiger partial charge is 0.239 e. The number of hydrogen-bond donors (Lipinski definition) is 3. The molecule has 120 valence electrons. The zero-order chi connectivity index (χ0) is 15.9. The van der Waals surface area contributed by atoms with Gasteiger partial charge < -0.3 is 21.3 Å². The van der Waals surface area contributed by atoms with Gasteiger partial charge in [-0.3, -0.25) is 9.59 Å². The van der Waals surface area contributed by atoms with Gasteiger partial charge in [0.25, 0.3) is 0 Å². The number of carbonyl (C=O) groups excluding carboxylic acids is 2. The van der Waals surface area contributed by atoms with Gasteiger partial charge in [-0.1, -0.05) is 0 Å². The molecule has 6 nitrogen and oxygen atoms in total. The van der Waals surface area contributed by atoms with Crippen molar-refractivity contribution in [2.45, 2.75) is 6.42 Å². The molecule has 1 aliphatic rings. The van der Waals surface area contributed by atoms with E-state index in [-0.39, 0.29) is 30.7 Å². The Hall–Kier alpha value is -2.15. The first kappa shape index (κ1) is 16.2. The summed E-state index contributed by atoms with van der Waals surface area (Å²) in [5.74, 6) is -0.467. The van der Waals surface area contributed by atoms with Crippen LogP contribution in [0.5, 0.6) is 0 Å². The molecule has 2 rings (SSSR count). The van der Waals surface area contributed by atoms with Crippen molar-refractivity contribution < 1.29 is 14.0 Å². The average molecular weight is 308 g/mol. The fraction of sp³-hybridized carbons (Fsp3) is 0.467. The van der Waals surface area contributed by atoms with Crippen LogP contribution in [0.25, 0.3) is 0 Å². The first-order valence-corrected chi connectivity index (χ1v) is 7.32. The Kier molecular flexibility index (Phi) is 5.71. The minimum absolute atomic E-state index is 0.0512. The van der Waals surface area contributed by atoms with Crippen molar-refractivity contribution in [3.8, 4) is 0 Å². The Balaban J connectivity index is 1.71. The zero-order valence-corrected chi connectivity index (χ0v) is 12.3. The first-order valence-electron chi connectivity index (χ1n) is 7.32. The molecule has 1 fully saturated rings. The van der Waals surface area contributed by atoms with E-state index in [1.807, 2.05) is 0 Å². The van der Waals surface area contributed by atoms with Gasteiger partial charge >= 0.3 is 0 Å². The molecule has 1 heterocycles. The summed E-state index contributed by atoms with van der Waals surface area (Å²) in [4.78, 5) is 24.7. The lowest BCUT2D eigenvalue weighted by Crippen LogP contribution is -2.41. The summed E-state index contributed by atoms with van der Waals surface area (Å²) in [6.07, 6.45) is 0.965. The topological polar surface area (TPSA) is 87.5 Å². The molecule has 1 aromatic rings. The van der Waals surface area contributed by atoms with Crippen LogP contribution in [0.2, 0.25) is 0 Å². The summed E-state index contributed by atoms with van der Waals surface area (Å²) in [5.41, 5.74) is 6.13. The lowest BCUT2D eigenvalue weighted by atomic mass is 10.1. The second-order valence-corrected chi connectivity index (χ2v) is 5.36. The third kappa shape index (κ3) is 4.70. The van der Waals surface area contributed by atoms with Crippen LogP contribution in [0.1, 0.15) is 6.42 Å². The zero-order valence-electron chi connectivity index (χ0n) is 12.3. The highest BCUT2D eigenvalue weighted by molar-refractivity contribution is 5.85. The van der Waals surface area contributed by atoms with Crippen LogP contribution in [0.15, 0.2) is 24.3 Å². The fourth-order valence-corrected chi connectivity index (χ4v) is 2.46. The number of carbonyl (C=O) groups is 2. The third-order valence-electron chi connectivity index (χ3n) is 3.70. The Morgan fingerprint density at radius 1 is 1.23 bits per heavy atom. The number of nitrogens with zero attached hydrogens (tertiary/aromatic N) is 1. The van der Waals surface area contributed by atoms with Crippen LogP contribution in [-0.2, 0) is 9.59 Å². The predicted molar refractivity (Wildman–Crippen MR) is 81.8 cm³/mol. The standard InChI is InChI=1S/C15H21FN4O2/c16-12-1-3-13(4-2-12)20-6-5-11(10-20)8-18-15(22)9-19-14(21)7-17/h1-4,11H,5-10,17H2,(H,18,22)(H,19,21). The molecule has 0 bridgehead atoms. The molecule has 1 aromatic carbocycles. The SMILES string of the molecule is NCC(=O)NCC(=O)NCC1CCN(c2ccc(F)cc2)C1. The summed E-state index contributed by atoms with van der Waals surface area (Å²) in [6, 6.07) is 6.42. The van der Waals surface area contributed by atoms with E-state index in [1.165, 1.54) is 12.1 Å². The predicted octanol–water partition coefficient (Wildman–Crippen LogP) is -0.157. The Morgan fingerprint density at radius 3 is 2.64 bits per heavy atom. The number of anilines is 1. The molecule has 1 unspecified atom stereocenters. The van der Waals surface area contributed by atoms with Gasteiger partial charge in [-0.15, -0.1) is 0 Å². The van der Waals surface area contributed by atoms with E-state index >= 15 is 0 Å². The van der Waals surface area contributed by atoms with Crippen LogP contribution >= 0.6 is 0 Å². The van der Waals surface area contributed by atoms with Gasteiger partial charge in [0.1, 0.15) is 5.82 Å². The average Bonchev–Trinajstić information content (AvgIpc) is 3.00. The normalized spacial score (nSPS) is 17.4. The molecule has 0 aliphatic carbocycles. The van der Waals surface area contributed by atoms with Crippen molar-refractivity contribution in [2.24, 2.45) is 11.7 Å². The fourth-order valence-electron chi connectivity index (χ4n) is 2.46. The van der Waals surface area contributed by atoms with Crippen molar-refractivity contribution in [1.82, 2.24) is 10.6 Å². The number of amides is 2. The highest BCUT2D eigenvalue weighted by Gasteiger charge is 2.23. The Morgan fingerprint density at radius 2 is 1.95 bits per heavy atom. The van der Waals surface area contributed by atoms with Crippen LogP contribution in [0, 0.1) is 11.7 Å². The van der Waals surface area contributed by atoms with Crippen LogP contribution in [0.4, 0.5) is 10.1 Å². The Labute approximate surface area is 128 Å². The minimum Gasteiger partial charge on any atom is -0.371 e. The molecule has 2 amide bonds. The van der Waals surface area contributed by atoms with Crippen molar-refractivity contribution in [1.29, 1.82) is 0 Å². The lowest BCUT2D eigenvalue weighted by Gasteiger charge is -2.18. The van der Waals surface area contributed by atoms with Crippen LogP contribution in [0.3, 0.4) is 0 Å². The van der Waals surface area contributed by atoms with Gasteiger partial charge in [0.15, 0.2) is 0 Å². The van der Waals surface area contributed by atoms with Crippen LogP contribution in [-0.4, -0.2) is 44.5 Å². The van der Waals surface area contributed by atoms with E-state index < -0.39 is 0 Å². The second-order valence-electron chi connectivity index (χ2n) is 5.36. The van der Waals surface area contributed by atoms with E-state index in [0.29, 0.717) is 12.5 Å². The quantitative estimate of drug-likeness (QED) is 0.682. The maximum absolute atomic E-state index is 12.9. The second kappa shape index (κ2) is 7.74. The monoisotopic (exact) mass is 308 g/mol. The van der Waals surface area contributed by atoms with Crippen molar-refractivity contribution in [3.05, 3.63) is 30.1 Å². The number of benzene rings is 1. The molecule has 1 atom stereocenters. The molecule has 4 N–H and O–H groups in total. The summed E-state index contributed by atoms with van der Waals surface area (Å²) in [7, 11) is 0. The highest BCUT2D eigenvalue weighted by Crippen LogP contribution is 2.23. The van der Waals surface area contributed by atoms with E-state index in [0.717, 1.165) is 25.2 Å². The number of rotatable bonds is 6. The minimum atomic E-state index is -0.349. The molecule has 22 heavy (non-hydrogen) atoms. The Bertz CT molecular complexity index is 521. The molecule has 1 saturated heterocycles. The van der Waals surface area contributed by atoms with Gasteiger partial charge in [0.2, 0.25) is 11.8 Å². The first-order chi connectivity index (χ1) is 10.6. The third-order valence-corrected chi connectivity index (χ3v) is 3.70. The largest absolute Gasteiger partial charge is 0.371 e. The van der Waals surface area contributed by atoms with Crippen LogP contribution < -0.4 is 21.3 Å². The highest BCUT2D eigenvalue weighted by atomic mass is 19.1.